The summed E-state index contributed by atoms with van der Waals surface area (Å²) >= 11 is 0. The first-order valence-corrected chi connectivity index (χ1v) is 7.34. The van der Waals surface area contributed by atoms with Crippen LogP contribution in [0.3, 0.4) is 0 Å². The molecule has 1 aromatic heterocycles. The number of aromatic nitrogens is 1. The van der Waals surface area contributed by atoms with Crippen molar-refractivity contribution in [3.8, 4) is 0 Å². The van der Waals surface area contributed by atoms with Crippen molar-refractivity contribution in [2.45, 2.75) is 26.3 Å². The molecule has 0 unspecified atom stereocenters. The fraction of sp³-hybridized carbons (Fsp3) is 0.600. The molecule has 118 valence electrons. The Labute approximate surface area is 144 Å². The van der Waals surface area contributed by atoms with E-state index in [1.165, 1.54) is 12.8 Å². The van der Waals surface area contributed by atoms with Crippen LogP contribution < -0.4 is 15.5 Å². The summed E-state index contributed by atoms with van der Waals surface area (Å²) in [5.41, 5.74) is 0.986. The minimum absolute atomic E-state index is 0. The summed E-state index contributed by atoms with van der Waals surface area (Å²) in [5, 5.41) is 6.66. The molecule has 1 aliphatic rings. The summed E-state index contributed by atoms with van der Waals surface area (Å²) in [6.07, 6.45) is 2.69. The Bertz CT molecular complexity index is 457. The third kappa shape index (κ3) is 6.50. The molecule has 1 heterocycles. The molecule has 0 saturated heterocycles. The molecular formula is C15H26IN5. The summed E-state index contributed by atoms with van der Waals surface area (Å²) in [4.78, 5) is 11.2. The first kappa shape index (κ1) is 18.0. The van der Waals surface area contributed by atoms with Crippen LogP contribution in [-0.2, 0) is 6.54 Å². The highest BCUT2D eigenvalue weighted by molar-refractivity contribution is 14.0. The molecule has 6 heteroatoms. The molecule has 1 aliphatic carbocycles. The third-order valence-corrected chi connectivity index (χ3v) is 3.25. The molecule has 0 amide bonds. The molecule has 0 aromatic carbocycles. The van der Waals surface area contributed by atoms with Crippen LogP contribution in [-0.4, -0.2) is 38.1 Å². The van der Waals surface area contributed by atoms with Gasteiger partial charge in [-0.2, -0.15) is 0 Å². The average molecular weight is 403 g/mol. The topological polar surface area (TPSA) is 52.6 Å². The fourth-order valence-corrected chi connectivity index (χ4v) is 1.87. The second-order valence-corrected chi connectivity index (χ2v) is 5.40. The number of nitrogens with zero attached hydrogens (tertiary/aromatic N) is 3. The molecule has 0 radical (unpaired) electrons. The summed E-state index contributed by atoms with van der Waals surface area (Å²) in [5.74, 6) is 2.69. The Hall–Kier alpha value is -1.05. The highest BCUT2D eigenvalue weighted by atomic mass is 127. The number of pyridine rings is 1. The Balaban J connectivity index is 0.00000220. The molecule has 1 saturated carbocycles. The number of halogens is 1. The van der Waals surface area contributed by atoms with E-state index in [-0.39, 0.29) is 24.0 Å². The zero-order valence-corrected chi connectivity index (χ0v) is 15.4. The van der Waals surface area contributed by atoms with Gasteiger partial charge in [0.15, 0.2) is 5.96 Å². The maximum absolute atomic E-state index is 4.60. The number of nitrogens with one attached hydrogen (secondary N) is 2. The lowest BCUT2D eigenvalue weighted by atomic mass is 10.3. The standard InChI is InChI=1S/C15H25N5.HI/c1-4-16-15(17-10-12-8-9-12)18-11-13-6-5-7-14(19-13)20(2)3;/h5-7,12H,4,8-11H2,1-3H3,(H2,16,17,18);1H. The molecule has 1 fully saturated rings. The van der Waals surface area contributed by atoms with Crippen molar-refractivity contribution in [1.82, 2.24) is 15.6 Å². The molecule has 0 atom stereocenters. The van der Waals surface area contributed by atoms with Gasteiger partial charge in [-0.3, -0.25) is 0 Å². The maximum Gasteiger partial charge on any atom is 0.191 e. The average Bonchev–Trinajstić information content (AvgIpc) is 3.26. The van der Waals surface area contributed by atoms with E-state index in [0.29, 0.717) is 6.54 Å². The number of rotatable bonds is 6. The zero-order valence-electron chi connectivity index (χ0n) is 13.1. The van der Waals surface area contributed by atoms with E-state index >= 15 is 0 Å². The summed E-state index contributed by atoms with van der Waals surface area (Å²) < 4.78 is 0. The van der Waals surface area contributed by atoms with Crippen LogP contribution in [0.5, 0.6) is 0 Å². The van der Waals surface area contributed by atoms with Crippen LogP contribution in [0.4, 0.5) is 5.82 Å². The van der Waals surface area contributed by atoms with Crippen LogP contribution in [0.15, 0.2) is 23.2 Å². The van der Waals surface area contributed by atoms with Crippen molar-refractivity contribution >= 4 is 35.8 Å². The molecule has 21 heavy (non-hydrogen) atoms. The smallest absolute Gasteiger partial charge is 0.191 e. The van der Waals surface area contributed by atoms with Gasteiger partial charge in [0, 0.05) is 27.2 Å². The minimum Gasteiger partial charge on any atom is -0.363 e. The van der Waals surface area contributed by atoms with E-state index in [0.717, 1.165) is 36.5 Å². The van der Waals surface area contributed by atoms with Gasteiger partial charge in [0.25, 0.3) is 0 Å². The van der Waals surface area contributed by atoms with Gasteiger partial charge in [-0.25, -0.2) is 9.98 Å². The molecule has 0 spiro atoms. The first-order chi connectivity index (χ1) is 9.69. The lowest BCUT2D eigenvalue weighted by molar-refractivity contribution is 0.738. The predicted molar refractivity (Wildman–Crippen MR) is 99.5 cm³/mol. The monoisotopic (exact) mass is 403 g/mol. The van der Waals surface area contributed by atoms with Gasteiger partial charge in [0.1, 0.15) is 5.82 Å². The summed E-state index contributed by atoms with van der Waals surface area (Å²) in [6, 6.07) is 6.04. The second-order valence-electron chi connectivity index (χ2n) is 5.40. The molecular weight excluding hydrogens is 377 g/mol. The Kier molecular flexibility index (Phi) is 7.77. The second kappa shape index (κ2) is 9.07. The quantitative estimate of drug-likeness (QED) is 0.435. The van der Waals surface area contributed by atoms with Crippen LogP contribution in [0.25, 0.3) is 0 Å². The summed E-state index contributed by atoms with van der Waals surface area (Å²) in [6.45, 7) is 4.58. The number of hydrogen-bond donors (Lipinski definition) is 2. The maximum atomic E-state index is 4.60. The van der Waals surface area contributed by atoms with E-state index in [1.54, 1.807) is 0 Å². The van der Waals surface area contributed by atoms with Crippen molar-refractivity contribution in [3.63, 3.8) is 0 Å². The Morgan fingerprint density at radius 3 is 2.71 bits per heavy atom. The molecule has 2 rings (SSSR count). The molecule has 0 aliphatic heterocycles. The van der Waals surface area contributed by atoms with E-state index in [1.807, 2.05) is 37.2 Å². The van der Waals surface area contributed by atoms with Gasteiger partial charge in [0.2, 0.25) is 0 Å². The summed E-state index contributed by atoms with van der Waals surface area (Å²) in [7, 11) is 3.99. The van der Waals surface area contributed by atoms with Gasteiger partial charge >= 0.3 is 0 Å². The van der Waals surface area contributed by atoms with Gasteiger partial charge in [-0.15, -0.1) is 24.0 Å². The highest BCUT2D eigenvalue weighted by Crippen LogP contribution is 2.27. The van der Waals surface area contributed by atoms with Crippen LogP contribution in [0.1, 0.15) is 25.5 Å². The Morgan fingerprint density at radius 2 is 2.10 bits per heavy atom. The highest BCUT2D eigenvalue weighted by Gasteiger charge is 2.20. The normalized spacial score (nSPS) is 14.3. The predicted octanol–water partition coefficient (Wildman–Crippen LogP) is 2.23. The van der Waals surface area contributed by atoms with Gasteiger partial charge in [0.05, 0.1) is 12.2 Å². The number of guanidine groups is 1. The fourth-order valence-electron chi connectivity index (χ4n) is 1.87. The van der Waals surface area contributed by atoms with Crippen molar-refractivity contribution in [1.29, 1.82) is 0 Å². The molecule has 5 nitrogen and oxygen atoms in total. The van der Waals surface area contributed by atoms with Crippen LogP contribution in [0.2, 0.25) is 0 Å². The van der Waals surface area contributed by atoms with Gasteiger partial charge in [-0.1, -0.05) is 6.07 Å². The van der Waals surface area contributed by atoms with Crippen LogP contribution in [0, 0.1) is 5.92 Å². The zero-order chi connectivity index (χ0) is 14.4. The van der Waals surface area contributed by atoms with E-state index in [4.69, 9.17) is 0 Å². The van der Waals surface area contributed by atoms with Crippen molar-refractivity contribution in [2.24, 2.45) is 10.9 Å². The SMILES string of the molecule is CCNC(=NCc1cccc(N(C)C)n1)NCC1CC1.I. The number of anilines is 1. The number of hydrogen-bond acceptors (Lipinski definition) is 3. The van der Waals surface area contributed by atoms with Gasteiger partial charge < -0.3 is 15.5 Å². The van der Waals surface area contributed by atoms with E-state index in [9.17, 15) is 0 Å². The van der Waals surface area contributed by atoms with Crippen molar-refractivity contribution < 1.29 is 0 Å². The minimum atomic E-state index is 0. The first-order valence-electron chi connectivity index (χ1n) is 7.34. The van der Waals surface area contributed by atoms with E-state index < -0.39 is 0 Å². The largest absolute Gasteiger partial charge is 0.363 e. The lowest BCUT2D eigenvalue weighted by Gasteiger charge is -2.13. The number of aliphatic imine (C=N–C) groups is 1. The van der Waals surface area contributed by atoms with Gasteiger partial charge in [-0.05, 0) is 37.8 Å². The Morgan fingerprint density at radius 1 is 1.33 bits per heavy atom. The van der Waals surface area contributed by atoms with Crippen LogP contribution >= 0.6 is 24.0 Å². The molecule has 0 bridgehead atoms. The van der Waals surface area contributed by atoms with Crippen molar-refractivity contribution in [3.05, 3.63) is 23.9 Å². The lowest BCUT2D eigenvalue weighted by Crippen LogP contribution is -2.38. The van der Waals surface area contributed by atoms with Crippen molar-refractivity contribution in [2.75, 3.05) is 32.1 Å². The third-order valence-electron chi connectivity index (χ3n) is 3.25. The molecule has 1 aromatic rings. The molecule has 2 N–H and O–H groups in total. The van der Waals surface area contributed by atoms with E-state index in [2.05, 4.69) is 27.5 Å².